The molecule has 1 N–H and O–H groups in total. The minimum absolute atomic E-state index is 0.0299. The minimum Gasteiger partial charge on any atom is -0.462 e. The first kappa shape index (κ1) is 22.4. The van der Waals surface area contributed by atoms with Crippen molar-refractivity contribution in [3.63, 3.8) is 0 Å². The predicted molar refractivity (Wildman–Crippen MR) is 109 cm³/mol. The molecule has 2 heterocycles. The number of carbonyl (C=O) groups is 2. The number of rotatable bonds is 5. The predicted octanol–water partition coefficient (Wildman–Crippen LogP) is 4.05. The van der Waals surface area contributed by atoms with Crippen LogP contribution >= 0.6 is 0 Å². The zero-order valence-corrected chi connectivity index (χ0v) is 19.2. The van der Waals surface area contributed by atoms with Gasteiger partial charge in [0.1, 0.15) is 5.60 Å². The number of nitrogens with zero attached hydrogens (tertiary/aromatic N) is 1. The molecule has 0 aromatic carbocycles. The van der Waals surface area contributed by atoms with Gasteiger partial charge in [0, 0.05) is 25.6 Å². The normalized spacial score (nSPS) is 27.1. The lowest BCUT2D eigenvalue weighted by molar-refractivity contribution is -0.129. The third-order valence-corrected chi connectivity index (χ3v) is 8.43. The SMILES string of the molecule is CC(C)(C)C[Si](C)(ON1CCCC1C1CCNC(=O)C1)C(=O)OC(C)(C)C. The van der Waals surface area contributed by atoms with E-state index in [9.17, 15) is 9.59 Å². The summed E-state index contributed by atoms with van der Waals surface area (Å²) in [5, 5.41) is 4.94. The maximum absolute atomic E-state index is 13.1. The van der Waals surface area contributed by atoms with Gasteiger partial charge in [-0.3, -0.25) is 9.59 Å². The second-order valence-electron chi connectivity index (χ2n) is 10.5. The van der Waals surface area contributed by atoms with Crippen molar-refractivity contribution in [1.82, 2.24) is 10.4 Å². The molecule has 156 valence electrons. The summed E-state index contributed by atoms with van der Waals surface area (Å²) in [6.07, 6.45) is 3.58. The van der Waals surface area contributed by atoms with Crippen LogP contribution in [0.3, 0.4) is 0 Å². The highest BCUT2D eigenvalue weighted by Gasteiger charge is 2.49. The number of nitrogens with one attached hydrogen (secondary N) is 1. The quantitative estimate of drug-likeness (QED) is 0.708. The number of hydrogen-bond donors (Lipinski definition) is 1. The number of hydrogen-bond acceptors (Lipinski definition) is 5. The smallest absolute Gasteiger partial charge is 0.340 e. The van der Waals surface area contributed by atoms with Crippen molar-refractivity contribution in [3.05, 3.63) is 0 Å². The van der Waals surface area contributed by atoms with Gasteiger partial charge < -0.3 is 14.6 Å². The summed E-state index contributed by atoms with van der Waals surface area (Å²) in [6.45, 7) is 15.6. The summed E-state index contributed by atoms with van der Waals surface area (Å²) in [5.41, 5.74) is -0.743. The highest BCUT2D eigenvalue weighted by molar-refractivity contribution is 6.99. The van der Waals surface area contributed by atoms with Crippen molar-refractivity contribution in [2.24, 2.45) is 11.3 Å². The zero-order valence-electron chi connectivity index (χ0n) is 18.2. The van der Waals surface area contributed by atoms with E-state index in [1.54, 1.807) is 0 Å². The Morgan fingerprint density at radius 2 is 1.89 bits per heavy atom. The zero-order chi connectivity index (χ0) is 20.5. The first-order chi connectivity index (χ1) is 12.3. The summed E-state index contributed by atoms with van der Waals surface area (Å²) in [7, 11) is -2.82. The van der Waals surface area contributed by atoms with Gasteiger partial charge in [-0.25, -0.2) is 0 Å². The Labute approximate surface area is 165 Å². The molecule has 0 radical (unpaired) electrons. The Balaban J connectivity index is 2.17. The second-order valence-corrected chi connectivity index (χ2v) is 13.9. The number of carbonyl (C=O) groups excluding carboxylic acids is 2. The first-order valence-corrected chi connectivity index (χ1v) is 12.9. The lowest BCUT2D eigenvalue weighted by Gasteiger charge is -2.40. The maximum atomic E-state index is 13.1. The third-order valence-electron chi connectivity index (χ3n) is 5.09. The lowest BCUT2D eigenvalue weighted by Crippen LogP contribution is -2.55. The molecular formula is C20H38N2O4Si. The Morgan fingerprint density at radius 3 is 2.44 bits per heavy atom. The van der Waals surface area contributed by atoms with Crippen LogP contribution in [0.1, 0.15) is 67.2 Å². The number of piperidine rings is 1. The Morgan fingerprint density at radius 1 is 1.22 bits per heavy atom. The van der Waals surface area contributed by atoms with Crippen molar-refractivity contribution < 1.29 is 18.9 Å². The van der Waals surface area contributed by atoms with Crippen molar-refractivity contribution in [2.45, 2.75) is 91.5 Å². The van der Waals surface area contributed by atoms with E-state index in [1.807, 2.05) is 32.4 Å². The van der Waals surface area contributed by atoms with E-state index in [0.717, 1.165) is 32.4 Å². The van der Waals surface area contributed by atoms with Gasteiger partial charge in [0.2, 0.25) is 5.91 Å². The molecule has 3 unspecified atom stereocenters. The number of amides is 1. The topological polar surface area (TPSA) is 67.9 Å². The molecule has 0 aromatic rings. The molecule has 3 atom stereocenters. The van der Waals surface area contributed by atoms with E-state index in [2.05, 4.69) is 26.1 Å². The van der Waals surface area contributed by atoms with Crippen LogP contribution in [-0.2, 0) is 14.1 Å². The van der Waals surface area contributed by atoms with E-state index in [0.29, 0.717) is 18.4 Å². The molecule has 0 bridgehead atoms. The van der Waals surface area contributed by atoms with E-state index in [-0.39, 0.29) is 23.0 Å². The number of hydroxylamine groups is 2. The van der Waals surface area contributed by atoms with E-state index in [1.165, 1.54) is 0 Å². The first-order valence-electron chi connectivity index (χ1n) is 10.2. The van der Waals surface area contributed by atoms with Gasteiger partial charge >= 0.3 is 13.9 Å². The van der Waals surface area contributed by atoms with Crippen LogP contribution < -0.4 is 5.32 Å². The molecule has 2 fully saturated rings. The molecular weight excluding hydrogens is 360 g/mol. The molecule has 7 heteroatoms. The standard InChI is InChI=1S/C20H38N2O4Si/c1-19(2,3)14-27(7,18(24)25-20(4,5)6)26-22-12-8-9-16(22)15-10-11-21-17(23)13-15/h15-16H,8-14H2,1-7H3,(H,21,23). The summed E-state index contributed by atoms with van der Waals surface area (Å²) >= 11 is 0. The average Bonchev–Trinajstić information content (AvgIpc) is 2.91. The summed E-state index contributed by atoms with van der Waals surface area (Å²) in [4.78, 5) is 24.9. The molecule has 2 aliphatic rings. The minimum atomic E-state index is -2.82. The fraction of sp³-hybridized carbons (Fsp3) is 0.900. The van der Waals surface area contributed by atoms with Gasteiger partial charge in [-0.05, 0) is 64.0 Å². The van der Waals surface area contributed by atoms with Gasteiger partial charge in [-0.15, -0.1) is 0 Å². The van der Waals surface area contributed by atoms with Gasteiger partial charge in [0.25, 0.3) is 0 Å². The number of ether oxygens (including phenoxy) is 1. The van der Waals surface area contributed by atoms with Crippen LogP contribution in [0.5, 0.6) is 0 Å². The van der Waals surface area contributed by atoms with Crippen molar-refractivity contribution in [2.75, 3.05) is 13.1 Å². The largest absolute Gasteiger partial charge is 0.462 e. The molecule has 27 heavy (non-hydrogen) atoms. The molecule has 0 saturated carbocycles. The fourth-order valence-electron chi connectivity index (χ4n) is 4.29. The molecule has 1 amide bonds. The molecule has 0 aliphatic carbocycles. The van der Waals surface area contributed by atoms with Crippen LogP contribution in [-0.4, -0.2) is 49.6 Å². The lowest BCUT2D eigenvalue weighted by atomic mass is 9.89. The average molecular weight is 399 g/mol. The Bertz CT molecular complexity index is 555. The van der Waals surface area contributed by atoms with Crippen molar-refractivity contribution in [3.8, 4) is 0 Å². The molecule has 2 rings (SSSR count). The van der Waals surface area contributed by atoms with Crippen LogP contribution in [0.2, 0.25) is 12.6 Å². The van der Waals surface area contributed by atoms with Gasteiger partial charge in [-0.1, -0.05) is 20.8 Å². The molecule has 6 nitrogen and oxygen atoms in total. The maximum Gasteiger partial charge on any atom is 0.340 e. The molecule has 2 aliphatic heterocycles. The van der Waals surface area contributed by atoms with Crippen LogP contribution in [0.15, 0.2) is 0 Å². The van der Waals surface area contributed by atoms with Gasteiger partial charge in [-0.2, -0.15) is 5.06 Å². The molecule has 0 spiro atoms. The van der Waals surface area contributed by atoms with Crippen molar-refractivity contribution in [1.29, 1.82) is 0 Å². The Kier molecular flexibility index (Phi) is 6.80. The van der Waals surface area contributed by atoms with Crippen LogP contribution in [0.25, 0.3) is 0 Å². The summed E-state index contributed by atoms with van der Waals surface area (Å²) in [5.74, 6) is 0.424. The molecule has 2 saturated heterocycles. The molecule has 0 aromatic heterocycles. The third kappa shape index (κ3) is 6.57. The van der Waals surface area contributed by atoms with Crippen LogP contribution in [0.4, 0.5) is 4.79 Å². The van der Waals surface area contributed by atoms with E-state index in [4.69, 9.17) is 9.26 Å². The van der Waals surface area contributed by atoms with Gasteiger partial charge in [0.05, 0.1) is 0 Å². The monoisotopic (exact) mass is 398 g/mol. The van der Waals surface area contributed by atoms with Gasteiger partial charge in [0.15, 0.2) is 0 Å². The Hall–Kier alpha value is -0.923. The summed E-state index contributed by atoms with van der Waals surface area (Å²) < 4.78 is 12.3. The highest BCUT2D eigenvalue weighted by atomic mass is 28.4. The second kappa shape index (κ2) is 8.21. The fourth-order valence-corrected chi connectivity index (χ4v) is 7.86. The van der Waals surface area contributed by atoms with E-state index < -0.39 is 13.9 Å². The van der Waals surface area contributed by atoms with Crippen LogP contribution in [0, 0.1) is 11.3 Å². The highest BCUT2D eigenvalue weighted by Crippen LogP contribution is 2.36. The van der Waals surface area contributed by atoms with Crippen molar-refractivity contribution >= 4 is 19.8 Å². The summed E-state index contributed by atoms with van der Waals surface area (Å²) in [6, 6.07) is 0.911. The van der Waals surface area contributed by atoms with E-state index >= 15 is 0 Å².